The Bertz CT molecular complexity index is 765. The first kappa shape index (κ1) is 14.8. The van der Waals surface area contributed by atoms with Crippen LogP contribution in [0.25, 0.3) is 22.3 Å². The van der Waals surface area contributed by atoms with E-state index in [1.165, 1.54) is 32.9 Å². The lowest BCUT2D eigenvalue weighted by molar-refractivity contribution is 1.48. The summed E-state index contributed by atoms with van der Waals surface area (Å²) >= 11 is 4.35. The summed E-state index contributed by atoms with van der Waals surface area (Å²) in [5.41, 5.74) is 4.93. The van der Waals surface area contributed by atoms with Gasteiger partial charge in [-0.05, 0) is 45.0 Å². The second-order valence-corrected chi connectivity index (χ2v) is 6.57. The van der Waals surface area contributed by atoms with Crippen molar-refractivity contribution in [3.63, 3.8) is 0 Å². The summed E-state index contributed by atoms with van der Waals surface area (Å²) in [5.74, 6) is 0. The summed E-state index contributed by atoms with van der Waals surface area (Å²) in [6.07, 6.45) is 0. The van der Waals surface area contributed by atoms with Gasteiger partial charge in [0.1, 0.15) is 0 Å². The van der Waals surface area contributed by atoms with Gasteiger partial charge in [-0.25, -0.2) is 0 Å². The highest BCUT2D eigenvalue weighted by Crippen LogP contribution is 2.25. The van der Waals surface area contributed by atoms with Gasteiger partial charge in [0.25, 0.3) is 0 Å². The summed E-state index contributed by atoms with van der Waals surface area (Å²) < 4.78 is 0. The fourth-order valence-corrected chi connectivity index (χ4v) is 3.38. The molecule has 0 aliphatic heterocycles. The summed E-state index contributed by atoms with van der Waals surface area (Å²) in [5, 5.41) is 2.44. The molecule has 2 unspecified atom stereocenters. The summed E-state index contributed by atoms with van der Waals surface area (Å²) in [6.45, 7) is 0. The molecule has 0 radical (unpaired) electrons. The molecular formula is C18H16P2S. The number of benzene rings is 3. The first-order chi connectivity index (χ1) is 10.2. The van der Waals surface area contributed by atoms with E-state index < -0.39 is 0 Å². The van der Waals surface area contributed by atoms with Gasteiger partial charge in [-0.3, -0.25) is 0 Å². The number of rotatable bonds is 2. The minimum atomic E-state index is 0.982. The fourth-order valence-electron chi connectivity index (χ4n) is 2.40. The van der Waals surface area contributed by atoms with Crippen LogP contribution in [0, 0.1) is 0 Å². The first-order valence-corrected chi connectivity index (χ1v) is 8.30. The highest BCUT2D eigenvalue weighted by Gasteiger charge is 2.09. The van der Waals surface area contributed by atoms with Crippen LogP contribution in [0.4, 0.5) is 0 Å². The zero-order valence-corrected chi connectivity index (χ0v) is 14.7. The van der Waals surface area contributed by atoms with E-state index in [0.717, 1.165) is 4.90 Å². The van der Waals surface area contributed by atoms with E-state index in [1.54, 1.807) is 0 Å². The molecule has 3 rings (SSSR count). The molecule has 0 saturated heterocycles. The molecule has 104 valence electrons. The normalized spacial score (nSPS) is 10.6. The predicted molar refractivity (Wildman–Crippen MR) is 103 cm³/mol. The Kier molecular flexibility index (Phi) is 4.45. The second-order valence-electron chi connectivity index (χ2n) is 4.90. The van der Waals surface area contributed by atoms with Gasteiger partial charge in [-0.15, -0.1) is 31.1 Å². The molecule has 0 spiro atoms. The predicted octanol–water partition coefficient (Wildman–Crippen LogP) is 4.31. The molecule has 0 aliphatic carbocycles. The van der Waals surface area contributed by atoms with E-state index in [1.807, 2.05) is 18.2 Å². The van der Waals surface area contributed by atoms with Crippen molar-refractivity contribution in [3.05, 3.63) is 66.7 Å². The molecule has 2 atom stereocenters. The Morgan fingerprint density at radius 3 is 1.57 bits per heavy atom. The molecule has 21 heavy (non-hydrogen) atoms. The quantitative estimate of drug-likeness (QED) is 0.526. The van der Waals surface area contributed by atoms with E-state index in [0.29, 0.717) is 0 Å². The lowest BCUT2D eigenvalue weighted by atomic mass is 10.00. The topological polar surface area (TPSA) is 0 Å². The third-order valence-electron chi connectivity index (χ3n) is 3.55. The van der Waals surface area contributed by atoms with Crippen molar-refractivity contribution in [3.8, 4) is 22.3 Å². The summed E-state index contributed by atoms with van der Waals surface area (Å²) in [6, 6.07) is 23.1. The molecule has 0 aliphatic rings. The monoisotopic (exact) mass is 326 g/mol. The number of hydrogen-bond donors (Lipinski definition) is 1. The van der Waals surface area contributed by atoms with Crippen LogP contribution in [0.1, 0.15) is 0 Å². The van der Waals surface area contributed by atoms with Crippen molar-refractivity contribution in [2.24, 2.45) is 0 Å². The Morgan fingerprint density at radius 1 is 0.571 bits per heavy atom. The zero-order valence-electron chi connectivity index (χ0n) is 11.5. The molecule has 0 aromatic heterocycles. The van der Waals surface area contributed by atoms with Crippen LogP contribution in [-0.4, -0.2) is 0 Å². The molecule has 0 nitrogen and oxygen atoms in total. The van der Waals surface area contributed by atoms with Crippen LogP contribution < -0.4 is 10.6 Å². The molecule has 3 aromatic carbocycles. The average molecular weight is 326 g/mol. The van der Waals surface area contributed by atoms with E-state index in [-0.39, 0.29) is 0 Å². The maximum absolute atomic E-state index is 4.35. The van der Waals surface area contributed by atoms with Gasteiger partial charge in [0.2, 0.25) is 0 Å². The third kappa shape index (κ3) is 3.06. The van der Waals surface area contributed by atoms with Crippen LogP contribution in [0.2, 0.25) is 0 Å². The molecule has 0 N–H and O–H groups in total. The third-order valence-corrected chi connectivity index (χ3v) is 5.43. The molecule has 0 heterocycles. The number of hydrogen-bond acceptors (Lipinski definition) is 1. The summed E-state index contributed by atoms with van der Waals surface area (Å²) in [7, 11) is 5.75. The number of thiol groups is 1. The van der Waals surface area contributed by atoms with E-state index in [2.05, 4.69) is 79.6 Å². The standard InChI is InChI=1S/C18H16P2S/c19-17-15(12-4-2-1-3-5-12)10-11-16(18(17)20)13-6-8-14(21)9-7-13/h1-11,21H,19-20H2. The molecule has 3 aromatic rings. The van der Waals surface area contributed by atoms with Crippen molar-refractivity contribution in [1.29, 1.82) is 0 Å². The van der Waals surface area contributed by atoms with Gasteiger partial charge in [-0.2, -0.15) is 0 Å². The minimum absolute atomic E-state index is 0.982. The van der Waals surface area contributed by atoms with E-state index in [9.17, 15) is 0 Å². The Hall–Kier alpha value is -1.13. The van der Waals surface area contributed by atoms with Crippen LogP contribution >= 0.6 is 31.1 Å². The van der Waals surface area contributed by atoms with Gasteiger partial charge in [-0.1, -0.05) is 54.6 Å². The van der Waals surface area contributed by atoms with Crippen LogP contribution in [0.3, 0.4) is 0 Å². The Morgan fingerprint density at radius 2 is 1.05 bits per heavy atom. The second kappa shape index (κ2) is 6.32. The van der Waals surface area contributed by atoms with Crippen molar-refractivity contribution in [2.75, 3.05) is 0 Å². The van der Waals surface area contributed by atoms with Crippen LogP contribution in [0.15, 0.2) is 71.6 Å². The smallest absolute Gasteiger partial charge is 0.00404 e. The van der Waals surface area contributed by atoms with Crippen LogP contribution in [-0.2, 0) is 0 Å². The van der Waals surface area contributed by atoms with Gasteiger partial charge in [0.05, 0.1) is 0 Å². The van der Waals surface area contributed by atoms with E-state index >= 15 is 0 Å². The van der Waals surface area contributed by atoms with Gasteiger partial charge in [0.15, 0.2) is 0 Å². The molecular weight excluding hydrogens is 310 g/mol. The first-order valence-electron chi connectivity index (χ1n) is 6.69. The zero-order chi connectivity index (χ0) is 14.8. The lowest BCUT2D eigenvalue weighted by Gasteiger charge is -2.14. The van der Waals surface area contributed by atoms with Crippen molar-refractivity contribution in [1.82, 2.24) is 0 Å². The highest BCUT2D eigenvalue weighted by molar-refractivity contribution is 7.80. The molecule has 0 saturated carbocycles. The summed E-state index contributed by atoms with van der Waals surface area (Å²) in [4.78, 5) is 0.982. The van der Waals surface area contributed by atoms with Gasteiger partial charge in [0, 0.05) is 4.90 Å². The minimum Gasteiger partial charge on any atom is -0.143 e. The van der Waals surface area contributed by atoms with Gasteiger partial charge >= 0.3 is 0 Å². The fraction of sp³-hybridized carbons (Fsp3) is 0. The Labute approximate surface area is 135 Å². The van der Waals surface area contributed by atoms with Crippen LogP contribution in [0.5, 0.6) is 0 Å². The molecule has 0 bridgehead atoms. The molecule has 0 amide bonds. The van der Waals surface area contributed by atoms with Crippen molar-refractivity contribution < 1.29 is 0 Å². The highest BCUT2D eigenvalue weighted by atomic mass is 32.1. The molecule has 3 heteroatoms. The average Bonchev–Trinajstić information content (AvgIpc) is 2.52. The Balaban J connectivity index is 2.11. The van der Waals surface area contributed by atoms with E-state index in [4.69, 9.17) is 0 Å². The maximum atomic E-state index is 4.35. The largest absolute Gasteiger partial charge is 0.143 e. The maximum Gasteiger partial charge on any atom is 0.00404 e. The van der Waals surface area contributed by atoms with Gasteiger partial charge < -0.3 is 0 Å². The SMILES string of the molecule is Pc1c(-c2ccccc2)ccc(-c2ccc(S)cc2)c1P. The lowest BCUT2D eigenvalue weighted by Crippen LogP contribution is -2.16. The van der Waals surface area contributed by atoms with Crippen molar-refractivity contribution in [2.45, 2.75) is 4.90 Å². The van der Waals surface area contributed by atoms with Crippen molar-refractivity contribution >= 4 is 41.7 Å². The molecule has 0 fully saturated rings.